The average molecular weight is 251 g/mol. The molecule has 96 valence electrons. The highest BCUT2D eigenvalue weighted by Crippen LogP contribution is 2.09. The summed E-state index contributed by atoms with van der Waals surface area (Å²) in [7, 11) is 0. The fourth-order valence-electron chi connectivity index (χ4n) is 1.61. The molecule has 0 atom stereocenters. The molecule has 0 radical (unpaired) electrons. The van der Waals surface area contributed by atoms with Crippen LogP contribution in [0.4, 0.5) is 5.95 Å². The normalized spacial score (nSPS) is 12.2. The molecule has 5 N–H and O–H groups in total. The quantitative estimate of drug-likeness (QED) is 0.495. The number of hydrogen-bond donors (Lipinski definition) is 4. The summed E-state index contributed by atoms with van der Waals surface area (Å²) in [6, 6.07) is 0. The van der Waals surface area contributed by atoms with Crippen molar-refractivity contribution in [1.29, 1.82) is 0 Å². The lowest BCUT2D eigenvalue weighted by atomic mass is 10.2. The highest BCUT2D eigenvalue weighted by molar-refractivity contribution is 5.70. The SMILES string of the molecule is Nc1nc2c(ncn2C/C(=C/CO)CO)c(=O)[nH]1. The van der Waals surface area contributed by atoms with Crippen LogP contribution in [0, 0.1) is 0 Å². The van der Waals surface area contributed by atoms with Gasteiger partial charge in [-0.05, 0) is 5.57 Å². The molecule has 0 fully saturated rings. The molecule has 2 heterocycles. The minimum atomic E-state index is -0.409. The fourth-order valence-corrected chi connectivity index (χ4v) is 1.61. The molecule has 0 unspecified atom stereocenters. The Hall–Kier alpha value is -2.19. The summed E-state index contributed by atoms with van der Waals surface area (Å²) >= 11 is 0. The largest absolute Gasteiger partial charge is 0.392 e. The molecule has 0 aromatic carbocycles. The van der Waals surface area contributed by atoms with Gasteiger partial charge in [0.05, 0.1) is 19.5 Å². The third kappa shape index (κ3) is 2.24. The van der Waals surface area contributed by atoms with Crippen LogP contribution in [-0.4, -0.2) is 42.9 Å². The van der Waals surface area contributed by atoms with Gasteiger partial charge in [-0.1, -0.05) is 6.08 Å². The van der Waals surface area contributed by atoms with Gasteiger partial charge in [-0.3, -0.25) is 9.78 Å². The summed E-state index contributed by atoms with van der Waals surface area (Å²) in [6.07, 6.45) is 2.93. The van der Waals surface area contributed by atoms with Crippen molar-refractivity contribution in [3.8, 4) is 0 Å². The van der Waals surface area contributed by atoms with Crippen molar-refractivity contribution in [3.05, 3.63) is 28.3 Å². The number of H-pyrrole nitrogens is 1. The molecule has 8 heteroatoms. The van der Waals surface area contributed by atoms with E-state index in [9.17, 15) is 4.79 Å². The first-order chi connectivity index (χ1) is 8.65. The van der Waals surface area contributed by atoms with E-state index in [2.05, 4.69) is 15.0 Å². The second-order valence-electron chi connectivity index (χ2n) is 3.70. The summed E-state index contributed by atoms with van der Waals surface area (Å²) in [5.74, 6) is 0.00550. The predicted octanol–water partition coefficient (Wildman–Crippen LogP) is -1.39. The molecule has 0 aliphatic carbocycles. The van der Waals surface area contributed by atoms with Crippen LogP contribution < -0.4 is 11.3 Å². The van der Waals surface area contributed by atoms with Crippen LogP contribution in [0.2, 0.25) is 0 Å². The molecule has 2 aromatic heterocycles. The number of aromatic amines is 1. The monoisotopic (exact) mass is 251 g/mol. The molecule has 0 aliphatic heterocycles. The van der Waals surface area contributed by atoms with Gasteiger partial charge >= 0.3 is 0 Å². The van der Waals surface area contributed by atoms with Crippen LogP contribution >= 0.6 is 0 Å². The van der Waals surface area contributed by atoms with Gasteiger partial charge in [-0.2, -0.15) is 4.98 Å². The zero-order chi connectivity index (χ0) is 13.1. The van der Waals surface area contributed by atoms with Gasteiger partial charge < -0.3 is 20.5 Å². The number of fused-ring (bicyclic) bond motifs is 1. The lowest BCUT2D eigenvalue weighted by Crippen LogP contribution is -2.13. The van der Waals surface area contributed by atoms with Crippen molar-refractivity contribution in [3.63, 3.8) is 0 Å². The summed E-state index contributed by atoms with van der Waals surface area (Å²) in [6.45, 7) is -0.0823. The number of imidazole rings is 1. The maximum Gasteiger partial charge on any atom is 0.280 e. The van der Waals surface area contributed by atoms with Gasteiger partial charge in [-0.25, -0.2) is 4.98 Å². The third-order valence-corrected chi connectivity index (χ3v) is 2.45. The first-order valence-corrected chi connectivity index (χ1v) is 5.26. The number of nitrogen functional groups attached to an aromatic ring is 1. The second-order valence-corrected chi connectivity index (χ2v) is 3.70. The smallest absolute Gasteiger partial charge is 0.280 e. The first kappa shape index (κ1) is 12.3. The van der Waals surface area contributed by atoms with Crippen LogP contribution in [0.5, 0.6) is 0 Å². The Morgan fingerprint density at radius 1 is 1.56 bits per heavy atom. The number of hydrogen-bond acceptors (Lipinski definition) is 6. The maximum atomic E-state index is 11.5. The number of nitrogens with zero attached hydrogens (tertiary/aromatic N) is 3. The van der Waals surface area contributed by atoms with Crippen molar-refractivity contribution < 1.29 is 10.2 Å². The maximum absolute atomic E-state index is 11.5. The van der Waals surface area contributed by atoms with Crippen molar-refractivity contribution in [2.45, 2.75) is 6.54 Å². The molecule has 0 saturated carbocycles. The molecule has 18 heavy (non-hydrogen) atoms. The second kappa shape index (κ2) is 4.98. The number of aliphatic hydroxyl groups excluding tert-OH is 2. The van der Waals surface area contributed by atoms with Crippen LogP contribution in [0.1, 0.15) is 0 Å². The Morgan fingerprint density at radius 3 is 3.00 bits per heavy atom. The van der Waals surface area contributed by atoms with Crippen LogP contribution in [-0.2, 0) is 6.54 Å². The topological polar surface area (TPSA) is 130 Å². The molecule has 8 nitrogen and oxygen atoms in total. The van der Waals surface area contributed by atoms with Gasteiger partial charge in [0.1, 0.15) is 0 Å². The van der Waals surface area contributed by atoms with E-state index in [0.29, 0.717) is 11.2 Å². The summed E-state index contributed by atoms with van der Waals surface area (Å²) in [5, 5.41) is 17.9. The molecule has 2 rings (SSSR count). The highest BCUT2D eigenvalue weighted by atomic mass is 16.3. The third-order valence-electron chi connectivity index (χ3n) is 2.45. The fraction of sp³-hybridized carbons (Fsp3) is 0.300. The zero-order valence-electron chi connectivity index (χ0n) is 9.50. The standard InChI is InChI=1S/C10H13N5O3/c11-10-13-8-7(9(18)14-10)12-5-15(8)3-6(4-17)1-2-16/h1,5,16-17H,2-4H2,(H3,11,13,14,18)/b6-1-. The predicted molar refractivity (Wildman–Crippen MR) is 64.8 cm³/mol. The summed E-state index contributed by atoms with van der Waals surface area (Å²) in [4.78, 5) is 21.8. The van der Waals surface area contributed by atoms with E-state index in [1.807, 2.05) is 0 Å². The number of rotatable bonds is 4. The lowest BCUT2D eigenvalue weighted by Gasteiger charge is -2.05. The van der Waals surface area contributed by atoms with Gasteiger partial charge in [-0.15, -0.1) is 0 Å². The molecule has 0 aliphatic rings. The van der Waals surface area contributed by atoms with Crippen LogP contribution in [0.3, 0.4) is 0 Å². The Morgan fingerprint density at radius 2 is 2.33 bits per heavy atom. The van der Waals surface area contributed by atoms with Gasteiger partial charge in [0.15, 0.2) is 11.2 Å². The van der Waals surface area contributed by atoms with Crippen LogP contribution in [0.25, 0.3) is 11.2 Å². The van der Waals surface area contributed by atoms with Gasteiger partial charge in [0, 0.05) is 6.54 Å². The van der Waals surface area contributed by atoms with E-state index in [1.165, 1.54) is 12.4 Å². The highest BCUT2D eigenvalue weighted by Gasteiger charge is 2.09. The van der Waals surface area contributed by atoms with Crippen LogP contribution in [0.15, 0.2) is 22.8 Å². The molecular formula is C10H13N5O3. The average Bonchev–Trinajstić information content (AvgIpc) is 2.72. The molecule has 0 amide bonds. The number of nitrogens with two attached hydrogens (primary N) is 1. The summed E-state index contributed by atoms with van der Waals surface area (Å²) < 4.78 is 1.58. The van der Waals surface area contributed by atoms with E-state index in [-0.39, 0.29) is 31.2 Å². The number of nitrogens with one attached hydrogen (secondary N) is 1. The summed E-state index contributed by atoms with van der Waals surface area (Å²) in [5.41, 5.74) is 6.18. The number of aliphatic hydroxyl groups is 2. The molecule has 0 bridgehead atoms. The Balaban J connectivity index is 2.46. The van der Waals surface area contributed by atoms with Crippen molar-refractivity contribution >= 4 is 17.1 Å². The molecule has 0 saturated heterocycles. The van der Waals surface area contributed by atoms with Crippen molar-refractivity contribution in [2.24, 2.45) is 0 Å². The van der Waals surface area contributed by atoms with Gasteiger partial charge in [0.2, 0.25) is 5.95 Å². The van der Waals surface area contributed by atoms with E-state index >= 15 is 0 Å². The first-order valence-electron chi connectivity index (χ1n) is 5.26. The Bertz CT molecular complexity index is 642. The Labute approximate surface area is 101 Å². The van der Waals surface area contributed by atoms with E-state index < -0.39 is 5.56 Å². The minimum Gasteiger partial charge on any atom is -0.392 e. The van der Waals surface area contributed by atoms with E-state index in [4.69, 9.17) is 15.9 Å². The minimum absolute atomic E-state index is 0.00550. The van der Waals surface area contributed by atoms with Gasteiger partial charge in [0.25, 0.3) is 5.56 Å². The number of aromatic nitrogens is 4. The zero-order valence-corrected chi connectivity index (χ0v) is 9.50. The number of anilines is 1. The van der Waals surface area contributed by atoms with E-state index in [1.54, 1.807) is 4.57 Å². The molecular weight excluding hydrogens is 238 g/mol. The molecule has 2 aromatic rings. The lowest BCUT2D eigenvalue weighted by molar-refractivity contribution is 0.313. The Kier molecular flexibility index (Phi) is 3.40. The molecule has 0 spiro atoms. The van der Waals surface area contributed by atoms with E-state index in [0.717, 1.165) is 0 Å². The van der Waals surface area contributed by atoms with Crippen molar-refractivity contribution in [2.75, 3.05) is 18.9 Å². The van der Waals surface area contributed by atoms with Crippen molar-refractivity contribution in [1.82, 2.24) is 19.5 Å².